The highest BCUT2D eigenvalue weighted by molar-refractivity contribution is 7.98. The molecular formula is C13H12ClN3OS. The second-order valence-corrected chi connectivity index (χ2v) is 5.08. The van der Waals surface area contributed by atoms with Crippen LogP contribution >= 0.6 is 23.4 Å². The maximum Gasteiger partial charge on any atom is 0.265 e. The summed E-state index contributed by atoms with van der Waals surface area (Å²) in [6.45, 7) is 0. The molecule has 0 atom stereocenters. The number of nitrogens with two attached hydrogens (primary N) is 1. The van der Waals surface area contributed by atoms with Crippen molar-refractivity contribution in [3.05, 3.63) is 58.7 Å². The number of hydrazine groups is 1. The molecule has 0 fully saturated rings. The molecule has 1 heterocycles. The maximum atomic E-state index is 11.6. The molecule has 1 aromatic heterocycles. The van der Waals surface area contributed by atoms with E-state index in [-0.39, 0.29) is 5.91 Å². The van der Waals surface area contributed by atoms with Crippen LogP contribution in [0.15, 0.2) is 47.6 Å². The van der Waals surface area contributed by atoms with Gasteiger partial charge in [0.1, 0.15) is 5.03 Å². The number of carbonyl (C=O) groups excluding carboxylic acids is 1. The highest BCUT2D eigenvalue weighted by atomic mass is 35.5. The fourth-order valence-electron chi connectivity index (χ4n) is 1.57. The summed E-state index contributed by atoms with van der Waals surface area (Å²) >= 11 is 7.52. The van der Waals surface area contributed by atoms with Gasteiger partial charge in [0.2, 0.25) is 0 Å². The van der Waals surface area contributed by atoms with E-state index in [2.05, 4.69) is 10.4 Å². The van der Waals surface area contributed by atoms with Gasteiger partial charge in [-0.3, -0.25) is 10.2 Å². The van der Waals surface area contributed by atoms with Crippen LogP contribution in [0.5, 0.6) is 0 Å². The van der Waals surface area contributed by atoms with Gasteiger partial charge in [0, 0.05) is 17.5 Å². The number of thioether (sulfide) groups is 1. The van der Waals surface area contributed by atoms with E-state index in [1.54, 1.807) is 30.5 Å². The van der Waals surface area contributed by atoms with Crippen molar-refractivity contribution >= 4 is 29.3 Å². The van der Waals surface area contributed by atoms with E-state index < -0.39 is 0 Å². The number of carbonyl (C=O) groups is 1. The largest absolute Gasteiger partial charge is 0.290 e. The van der Waals surface area contributed by atoms with Crippen molar-refractivity contribution in [2.24, 2.45) is 5.84 Å². The second-order valence-electron chi connectivity index (χ2n) is 3.71. The number of nitrogens with one attached hydrogen (secondary N) is 1. The topological polar surface area (TPSA) is 68.0 Å². The maximum absolute atomic E-state index is 11.6. The highest BCUT2D eigenvalue weighted by Gasteiger charge is 2.10. The van der Waals surface area contributed by atoms with E-state index in [9.17, 15) is 4.79 Å². The van der Waals surface area contributed by atoms with Crippen LogP contribution in [0.1, 0.15) is 15.9 Å². The minimum Gasteiger partial charge on any atom is -0.290 e. The van der Waals surface area contributed by atoms with Crippen LogP contribution in [0.2, 0.25) is 5.02 Å². The molecule has 19 heavy (non-hydrogen) atoms. The lowest BCUT2D eigenvalue weighted by molar-refractivity contribution is 0.0953. The monoisotopic (exact) mass is 293 g/mol. The normalized spacial score (nSPS) is 10.2. The number of aromatic nitrogens is 1. The van der Waals surface area contributed by atoms with Gasteiger partial charge in [-0.15, -0.1) is 11.8 Å². The van der Waals surface area contributed by atoms with Gasteiger partial charge in [-0.1, -0.05) is 29.8 Å². The number of hydrogen-bond acceptors (Lipinski definition) is 4. The van der Waals surface area contributed by atoms with Gasteiger partial charge >= 0.3 is 0 Å². The van der Waals surface area contributed by atoms with E-state index >= 15 is 0 Å². The highest BCUT2D eigenvalue weighted by Crippen LogP contribution is 2.28. The van der Waals surface area contributed by atoms with E-state index in [0.29, 0.717) is 16.3 Å². The Hall–Kier alpha value is -1.56. The summed E-state index contributed by atoms with van der Waals surface area (Å²) in [5.74, 6) is 5.46. The van der Waals surface area contributed by atoms with E-state index in [0.717, 1.165) is 10.6 Å². The molecule has 3 N–H and O–H groups in total. The van der Waals surface area contributed by atoms with Crippen molar-refractivity contribution in [1.29, 1.82) is 0 Å². The lowest BCUT2D eigenvalue weighted by Crippen LogP contribution is -2.30. The first-order valence-electron chi connectivity index (χ1n) is 5.54. The van der Waals surface area contributed by atoms with Gasteiger partial charge in [0.15, 0.2) is 0 Å². The molecule has 0 bridgehead atoms. The van der Waals surface area contributed by atoms with Crippen molar-refractivity contribution in [2.75, 3.05) is 0 Å². The Balaban J connectivity index is 2.16. The molecule has 0 radical (unpaired) electrons. The fraction of sp³-hybridized carbons (Fsp3) is 0.0769. The van der Waals surface area contributed by atoms with E-state index in [4.69, 9.17) is 17.4 Å². The molecule has 0 spiro atoms. The number of nitrogen functional groups attached to an aromatic ring is 1. The van der Waals surface area contributed by atoms with Gasteiger partial charge < -0.3 is 0 Å². The summed E-state index contributed by atoms with van der Waals surface area (Å²) in [7, 11) is 0. The second kappa shape index (κ2) is 6.56. The molecule has 4 nitrogen and oxygen atoms in total. The summed E-state index contributed by atoms with van der Waals surface area (Å²) in [4.78, 5) is 15.8. The molecule has 0 unspecified atom stereocenters. The molecule has 0 aliphatic rings. The van der Waals surface area contributed by atoms with Crippen LogP contribution in [-0.2, 0) is 5.75 Å². The zero-order valence-corrected chi connectivity index (χ0v) is 11.5. The third-order valence-corrected chi connectivity index (χ3v) is 3.95. The minimum absolute atomic E-state index is 0.302. The summed E-state index contributed by atoms with van der Waals surface area (Å²) in [5, 5.41) is 1.35. The molecule has 98 valence electrons. The Morgan fingerprint density at radius 2 is 2.11 bits per heavy atom. The molecule has 0 aliphatic carbocycles. The Kier molecular flexibility index (Phi) is 4.79. The molecule has 1 amide bonds. The van der Waals surface area contributed by atoms with Crippen LogP contribution in [0, 0.1) is 0 Å². The summed E-state index contributed by atoms with van der Waals surface area (Å²) in [6.07, 6.45) is 1.69. The number of nitrogens with zero attached hydrogens (tertiary/aromatic N) is 1. The quantitative estimate of drug-likeness (QED) is 0.393. The molecule has 0 aliphatic heterocycles. The zero-order chi connectivity index (χ0) is 13.7. The average molecular weight is 294 g/mol. The van der Waals surface area contributed by atoms with Crippen LogP contribution in [-0.4, -0.2) is 10.9 Å². The number of amides is 1. The molecule has 1 aromatic carbocycles. The molecule has 0 saturated carbocycles. The number of benzene rings is 1. The molecule has 6 heteroatoms. The van der Waals surface area contributed by atoms with Crippen LogP contribution in [0.3, 0.4) is 0 Å². The molecular weight excluding hydrogens is 282 g/mol. The number of halogens is 1. The van der Waals surface area contributed by atoms with Gasteiger partial charge in [0.25, 0.3) is 5.91 Å². The number of rotatable bonds is 4. The summed E-state index contributed by atoms with van der Waals surface area (Å²) < 4.78 is 0. The minimum atomic E-state index is -0.302. The van der Waals surface area contributed by atoms with E-state index in [1.165, 1.54) is 11.8 Å². The predicted molar refractivity (Wildman–Crippen MR) is 76.9 cm³/mol. The van der Waals surface area contributed by atoms with Crippen molar-refractivity contribution in [2.45, 2.75) is 10.8 Å². The summed E-state index contributed by atoms with van der Waals surface area (Å²) in [5.41, 5.74) is 3.59. The first kappa shape index (κ1) is 13.9. The van der Waals surface area contributed by atoms with Crippen molar-refractivity contribution < 1.29 is 4.79 Å². The number of hydrogen-bond donors (Lipinski definition) is 2. The van der Waals surface area contributed by atoms with Crippen molar-refractivity contribution in [3.63, 3.8) is 0 Å². The lowest BCUT2D eigenvalue weighted by atomic mass is 10.1. The van der Waals surface area contributed by atoms with Crippen LogP contribution in [0.4, 0.5) is 0 Å². The fourth-order valence-corrected chi connectivity index (χ4v) is 2.74. The van der Waals surface area contributed by atoms with Gasteiger partial charge in [-0.25, -0.2) is 10.8 Å². The number of pyridine rings is 1. The van der Waals surface area contributed by atoms with Crippen molar-refractivity contribution in [1.82, 2.24) is 10.4 Å². The first-order chi connectivity index (χ1) is 9.22. The first-order valence-corrected chi connectivity index (χ1v) is 6.91. The van der Waals surface area contributed by atoms with Crippen molar-refractivity contribution in [3.8, 4) is 0 Å². The Labute approximate surface area is 120 Å². The van der Waals surface area contributed by atoms with Crippen LogP contribution < -0.4 is 11.3 Å². The van der Waals surface area contributed by atoms with E-state index in [1.807, 2.05) is 12.1 Å². The van der Waals surface area contributed by atoms with Gasteiger partial charge in [-0.2, -0.15) is 0 Å². The third-order valence-electron chi connectivity index (χ3n) is 2.48. The van der Waals surface area contributed by atoms with Crippen LogP contribution in [0.25, 0.3) is 0 Å². The van der Waals surface area contributed by atoms with Gasteiger partial charge in [-0.05, 0) is 23.8 Å². The smallest absolute Gasteiger partial charge is 0.265 e. The zero-order valence-electron chi connectivity index (χ0n) is 9.97. The Morgan fingerprint density at radius 3 is 2.84 bits per heavy atom. The SMILES string of the molecule is NNC(=O)c1ccccc1CSc1ncccc1Cl. The average Bonchev–Trinajstić information content (AvgIpc) is 2.46. The molecule has 2 aromatic rings. The van der Waals surface area contributed by atoms with Gasteiger partial charge in [0.05, 0.1) is 5.02 Å². The molecule has 0 saturated heterocycles. The lowest BCUT2D eigenvalue weighted by Gasteiger charge is -2.08. The Morgan fingerprint density at radius 1 is 1.32 bits per heavy atom. The molecule has 2 rings (SSSR count). The predicted octanol–water partition coefficient (Wildman–Crippen LogP) is 2.63. The standard InChI is InChI=1S/C13H12ClN3OS/c14-11-6-3-7-16-13(11)19-8-9-4-1-2-5-10(9)12(18)17-15/h1-7H,8,15H2,(H,17,18). The summed E-state index contributed by atoms with van der Waals surface area (Å²) in [6, 6.07) is 10.9. The third kappa shape index (κ3) is 3.47. The Bertz CT molecular complexity index is 592.